The second kappa shape index (κ2) is 6.57. The topological polar surface area (TPSA) is 66.4 Å². The summed E-state index contributed by atoms with van der Waals surface area (Å²) < 4.78 is 0. The summed E-state index contributed by atoms with van der Waals surface area (Å²) in [6.07, 6.45) is 1.15. The van der Waals surface area contributed by atoms with Crippen LogP contribution in [0.4, 0.5) is 0 Å². The van der Waals surface area contributed by atoms with Gasteiger partial charge >= 0.3 is 5.97 Å². The summed E-state index contributed by atoms with van der Waals surface area (Å²) in [4.78, 5) is 22.8. The molecule has 1 amide bonds. The van der Waals surface area contributed by atoms with E-state index in [9.17, 15) is 9.59 Å². The molecule has 1 rings (SSSR count). The molecule has 104 valence electrons. The fourth-order valence-electron chi connectivity index (χ4n) is 1.57. The van der Waals surface area contributed by atoms with Gasteiger partial charge in [0, 0.05) is 11.4 Å². The van der Waals surface area contributed by atoms with E-state index >= 15 is 0 Å². The van der Waals surface area contributed by atoms with Gasteiger partial charge in [0.2, 0.25) is 5.91 Å². The number of halogens is 1. The molecule has 0 heterocycles. The van der Waals surface area contributed by atoms with E-state index in [1.165, 1.54) is 6.92 Å². The molecule has 2 N–H and O–H groups in total. The zero-order chi connectivity index (χ0) is 14.5. The maximum atomic E-state index is 11.8. The van der Waals surface area contributed by atoms with Crippen LogP contribution in [0.2, 0.25) is 5.02 Å². The van der Waals surface area contributed by atoms with Crippen LogP contribution in [0, 0.1) is 0 Å². The van der Waals surface area contributed by atoms with Crippen LogP contribution < -0.4 is 5.32 Å². The third-order valence-corrected chi connectivity index (χ3v) is 3.40. The summed E-state index contributed by atoms with van der Waals surface area (Å²) in [5, 5.41) is 12.3. The molecule has 0 radical (unpaired) electrons. The van der Waals surface area contributed by atoms with Crippen molar-refractivity contribution in [2.75, 3.05) is 0 Å². The molecule has 0 fully saturated rings. The predicted octanol–water partition coefficient (Wildman–Crippen LogP) is 2.64. The summed E-state index contributed by atoms with van der Waals surface area (Å²) in [6.45, 7) is 3.24. The van der Waals surface area contributed by atoms with Gasteiger partial charge in [-0.3, -0.25) is 4.79 Å². The largest absolute Gasteiger partial charge is 0.480 e. The number of amides is 1. The zero-order valence-corrected chi connectivity index (χ0v) is 11.8. The van der Waals surface area contributed by atoms with E-state index in [1.54, 1.807) is 19.1 Å². The van der Waals surface area contributed by atoms with Crippen LogP contribution in [-0.4, -0.2) is 22.5 Å². The van der Waals surface area contributed by atoms with Crippen molar-refractivity contribution in [2.45, 2.75) is 38.6 Å². The predicted molar refractivity (Wildman–Crippen MR) is 74.2 cm³/mol. The number of benzene rings is 1. The number of carboxylic acid groups (broad SMARTS) is 1. The minimum atomic E-state index is -1.20. The SMILES string of the molecule is CCC(C)(NC(=O)CCc1ccc(Cl)cc1)C(=O)O. The number of hydrogen-bond acceptors (Lipinski definition) is 2. The van der Waals surface area contributed by atoms with Gasteiger partial charge in [-0.15, -0.1) is 0 Å². The first-order valence-corrected chi connectivity index (χ1v) is 6.54. The van der Waals surface area contributed by atoms with Crippen molar-refractivity contribution in [3.8, 4) is 0 Å². The molecule has 0 saturated carbocycles. The van der Waals surface area contributed by atoms with Gasteiger partial charge in [-0.25, -0.2) is 4.79 Å². The summed E-state index contributed by atoms with van der Waals surface area (Å²) in [5.41, 5.74) is -0.204. The minimum Gasteiger partial charge on any atom is -0.480 e. The summed E-state index contributed by atoms with van der Waals surface area (Å²) >= 11 is 5.77. The zero-order valence-electron chi connectivity index (χ0n) is 11.1. The Morgan fingerprint density at radius 2 is 1.89 bits per heavy atom. The lowest BCUT2D eigenvalue weighted by Crippen LogP contribution is -2.51. The summed E-state index contributed by atoms with van der Waals surface area (Å²) in [5.74, 6) is -1.28. The standard InChI is InChI=1S/C14H18ClNO3/c1-3-14(2,13(18)19)16-12(17)9-6-10-4-7-11(15)8-5-10/h4-5,7-8H,3,6,9H2,1-2H3,(H,16,17)(H,18,19). The van der Waals surface area contributed by atoms with Crippen molar-refractivity contribution in [3.63, 3.8) is 0 Å². The van der Waals surface area contributed by atoms with E-state index in [-0.39, 0.29) is 12.3 Å². The molecular formula is C14H18ClNO3. The molecule has 5 heteroatoms. The molecule has 0 aromatic heterocycles. The molecule has 0 aliphatic heterocycles. The van der Waals surface area contributed by atoms with Crippen molar-refractivity contribution in [1.29, 1.82) is 0 Å². The normalized spacial score (nSPS) is 13.6. The lowest BCUT2D eigenvalue weighted by atomic mass is 9.98. The van der Waals surface area contributed by atoms with Gasteiger partial charge in [-0.1, -0.05) is 30.7 Å². The van der Waals surface area contributed by atoms with Gasteiger partial charge in [-0.05, 0) is 37.5 Å². The van der Waals surface area contributed by atoms with Crippen molar-refractivity contribution >= 4 is 23.5 Å². The third kappa shape index (κ3) is 4.56. The van der Waals surface area contributed by atoms with Crippen LogP contribution >= 0.6 is 11.6 Å². The highest BCUT2D eigenvalue weighted by Gasteiger charge is 2.32. The maximum Gasteiger partial charge on any atom is 0.329 e. The summed E-state index contributed by atoms with van der Waals surface area (Å²) in [7, 11) is 0. The Balaban J connectivity index is 2.52. The fraction of sp³-hybridized carbons (Fsp3) is 0.429. The van der Waals surface area contributed by atoms with E-state index in [0.29, 0.717) is 17.9 Å². The van der Waals surface area contributed by atoms with Crippen molar-refractivity contribution in [2.24, 2.45) is 0 Å². The monoisotopic (exact) mass is 283 g/mol. The molecule has 0 bridgehead atoms. The van der Waals surface area contributed by atoms with E-state index in [0.717, 1.165) is 5.56 Å². The number of nitrogens with one attached hydrogen (secondary N) is 1. The van der Waals surface area contributed by atoms with Crippen LogP contribution in [0.1, 0.15) is 32.3 Å². The Kier molecular flexibility index (Phi) is 5.36. The number of hydrogen-bond donors (Lipinski definition) is 2. The summed E-state index contributed by atoms with van der Waals surface area (Å²) in [6, 6.07) is 7.24. The van der Waals surface area contributed by atoms with Crippen molar-refractivity contribution in [3.05, 3.63) is 34.9 Å². The average Bonchev–Trinajstić information content (AvgIpc) is 2.37. The number of aryl methyl sites for hydroxylation is 1. The number of rotatable bonds is 6. The van der Waals surface area contributed by atoms with Gasteiger partial charge in [0.1, 0.15) is 5.54 Å². The first-order chi connectivity index (χ1) is 8.87. The van der Waals surface area contributed by atoms with E-state index in [2.05, 4.69) is 5.32 Å². The Morgan fingerprint density at radius 1 is 1.32 bits per heavy atom. The maximum absolute atomic E-state index is 11.8. The Labute approximate surface area is 117 Å². The third-order valence-electron chi connectivity index (χ3n) is 3.15. The van der Waals surface area contributed by atoms with Gasteiger partial charge in [0.05, 0.1) is 0 Å². The van der Waals surface area contributed by atoms with Crippen LogP contribution in [0.3, 0.4) is 0 Å². The van der Waals surface area contributed by atoms with Crippen LogP contribution in [0.5, 0.6) is 0 Å². The number of carboxylic acids is 1. The van der Waals surface area contributed by atoms with Crippen LogP contribution in [0.25, 0.3) is 0 Å². The molecule has 1 aromatic carbocycles. The van der Waals surface area contributed by atoms with Gasteiger partial charge in [0.25, 0.3) is 0 Å². The smallest absolute Gasteiger partial charge is 0.329 e. The molecule has 0 aliphatic rings. The molecule has 4 nitrogen and oxygen atoms in total. The van der Waals surface area contributed by atoms with E-state index in [1.807, 2.05) is 12.1 Å². The lowest BCUT2D eigenvalue weighted by Gasteiger charge is -2.24. The highest BCUT2D eigenvalue weighted by Crippen LogP contribution is 2.12. The molecule has 0 spiro atoms. The highest BCUT2D eigenvalue weighted by atomic mass is 35.5. The number of carbonyl (C=O) groups excluding carboxylic acids is 1. The van der Waals surface area contributed by atoms with Crippen molar-refractivity contribution in [1.82, 2.24) is 5.32 Å². The Morgan fingerprint density at radius 3 is 2.37 bits per heavy atom. The molecule has 1 atom stereocenters. The molecule has 0 aliphatic carbocycles. The highest BCUT2D eigenvalue weighted by molar-refractivity contribution is 6.30. The fourth-order valence-corrected chi connectivity index (χ4v) is 1.70. The van der Waals surface area contributed by atoms with Crippen molar-refractivity contribution < 1.29 is 14.7 Å². The second-order valence-electron chi connectivity index (χ2n) is 4.67. The Hall–Kier alpha value is -1.55. The van der Waals surface area contributed by atoms with E-state index in [4.69, 9.17) is 16.7 Å². The quantitative estimate of drug-likeness (QED) is 0.843. The molecule has 1 unspecified atom stereocenters. The first kappa shape index (κ1) is 15.5. The number of aliphatic carboxylic acids is 1. The van der Waals surface area contributed by atoms with Crippen LogP contribution in [0.15, 0.2) is 24.3 Å². The molecule has 0 saturated heterocycles. The van der Waals surface area contributed by atoms with E-state index < -0.39 is 11.5 Å². The molecule has 19 heavy (non-hydrogen) atoms. The Bertz CT molecular complexity index is 458. The molecule has 1 aromatic rings. The van der Waals surface area contributed by atoms with Crippen LogP contribution in [-0.2, 0) is 16.0 Å². The first-order valence-electron chi connectivity index (χ1n) is 6.16. The second-order valence-corrected chi connectivity index (χ2v) is 5.10. The van der Waals surface area contributed by atoms with Gasteiger partial charge in [-0.2, -0.15) is 0 Å². The van der Waals surface area contributed by atoms with Gasteiger partial charge < -0.3 is 10.4 Å². The average molecular weight is 284 g/mol. The minimum absolute atomic E-state index is 0.254. The molecular weight excluding hydrogens is 266 g/mol. The number of carbonyl (C=O) groups is 2. The van der Waals surface area contributed by atoms with Gasteiger partial charge in [0.15, 0.2) is 0 Å². The lowest BCUT2D eigenvalue weighted by molar-refractivity contribution is -0.147.